The molecule has 6 rings (SSSR count). The van der Waals surface area contributed by atoms with Crippen molar-refractivity contribution in [2.45, 2.75) is 30.7 Å². The number of aromatic nitrogens is 3. The van der Waals surface area contributed by atoms with Gasteiger partial charge in [-0.05, 0) is 53.1 Å². The van der Waals surface area contributed by atoms with E-state index in [0.29, 0.717) is 23.9 Å². The van der Waals surface area contributed by atoms with Crippen LogP contribution in [-0.4, -0.2) is 50.2 Å². The summed E-state index contributed by atoms with van der Waals surface area (Å²) < 4.78 is 13.4. The van der Waals surface area contributed by atoms with E-state index in [2.05, 4.69) is 31.4 Å². The van der Waals surface area contributed by atoms with Crippen molar-refractivity contribution in [3.8, 4) is 5.75 Å². The second kappa shape index (κ2) is 14.0. The van der Waals surface area contributed by atoms with Crippen LogP contribution in [0.1, 0.15) is 45.5 Å². The fraction of sp³-hybridized carbons (Fsp3) is 0.182. The molecule has 0 unspecified atom stereocenters. The lowest BCUT2D eigenvalue weighted by molar-refractivity contribution is -0.130. The first-order chi connectivity index (χ1) is 22.0. The summed E-state index contributed by atoms with van der Waals surface area (Å²) in [4.78, 5) is 26.3. The molecular weight excluding hydrogens is 656 g/mol. The van der Waals surface area contributed by atoms with Crippen molar-refractivity contribution in [3.63, 3.8) is 0 Å². The molecule has 0 spiro atoms. The molecule has 2 aromatic heterocycles. The molecule has 0 saturated heterocycles. The van der Waals surface area contributed by atoms with Crippen molar-refractivity contribution < 1.29 is 18.7 Å². The van der Waals surface area contributed by atoms with Crippen LogP contribution < -0.4 is 10.1 Å². The third kappa shape index (κ3) is 7.18. The van der Waals surface area contributed by atoms with E-state index in [1.54, 1.807) is 24.3 Å². The first-order valence-electron chi connectivity index (χ1n) is 14.2. The number of benzene rings is 3. The minimum Gasteiger partial charge on any atom is -0.497 e. The first-order valence-corrected chi connectivity index (χ1v) is 16.0. The van der Waals surface area contributed by atoms with Gasteiger partial charge in [-0.1, -0.05) is 82.3 Å². The average Bonchev–Trinajstić information content (AvgIpc) is 3.85. The minimum atomic E-state index is -0.350. The SMILES string of the molecule is COc1ccc([C@@H]2CC(c3ccc(Br)cc3)=NN2C(=O)CSc2nnc(CNC(=O)c3ccco3)n2Cc2ccccc2)cc1. The minimum absolute atomic E-state index is 0.0927. The molecule has 3 heterocycles. The number of hydrogen-bond donors (Lipinski definition) is 1. The number of halogens is 1. The fourth-order valence-electron chi connectivity index (χ4n) is 4.97. The van der Waals surface area contributed by atoms with Gasteiger partial charge >= 0.3 is 0 Å². The Kier molecular flexibility index (Phi) is 9.41. The largest absolute Gasteiger partial charge is 0.497 e. The van der Waals surface area contributed by atoms with Gasteiger partial charge < -0.3 is 19.0 Å². The van der Waals surface area contributed by atoms with Gasteiger partial charge in [-0.25, -0.2) is 5.01 Å². The average molecular weight is 686 g/mol. The van der Waals surface area contributed by atoms with Crippen LogP contribution in [0.15, 0.2) is 116 Å². The smallest absolute Gasteiger partial charge is 0.287 e. The molecule has 3 aromatic carbocycles. The van der Waals surface area contributed by atoms with E-state index in [9.17, 15) is 9.59 Å². The van der Waals surface area contributed by atoms with Gasteiger partial charge in [0.25, 0.3) is 11.8 Å². The normalized spacial score (nSPS) is 14.3. The molecule has 0 aliphatic carbocycles. The second-order valence-electron chi connectivity index (χ2n) is 10.2. The summed E-state index contributed by atoms with van der Waals surface area (Å²) >= 11 is 4.78. The van der Waals surface area contributed by atoms with Crippen LogP contribution in [-0.2, 0) is 17.9 Å². The Balaban J connectivity index is 1.22. The van der Waals surface area contributed by atoms with E-state index in [4.69, 9.17) is 14.3 Å². The zero-order valence-electron chi connectivity index (χ0n) is 24.3. The molecule has 5 aromatic rings. The monoisotopic (exact) mass is 684 g/mol. The highest BCUT2D eigenvalue weighted by Gasteiger charge is 2.33. The topological polar surface area (TPSA) is 115 Å². The van der Waals surface area contributed by atoms with E-state index in [0.717, 1.165) is 32.6 Å². The van der Waals surface area contributed by atoms with Crippen molar-refractivity contribution in [2.24, 2.45) is 5.10 Å². The number of rotatable bonds is 11. The molecule has 10 nitrogen and oxygen atoms in total. The van der Waals surface area contributed by atoms with Crippen molar-refractivity contribution in [2.75, 3.05) is 12.9 Å². The summed E-state index contributed by atoms with van der Waals surface area (Å²) in [5.74, 6) is 1.10. The van der Waals surface area contributed by atoms with Crippen molar-refractivity contribution in [1.29, 1.82) is 0 Å². The highest BCUT2D eigenvalue weighted by atomic mass is 79.9. The predicted octanol–water partition coefficient (Wildman–Crippen LogP) is 6.09. The molecule has 0 bridgehead atoms. The zero-order chi connectivity index (χ0) is 31.2. The number of nitrogens with zero attached hydrogens (tertiary/aromatic N) is 5. The van der Waals surface area contributed by atoms with E-state index >= 15 is 0 Å². The summed E-state index contributed by atoms with van der Waals surface area (Å²) in [5.41, 5.74) is 3.80. The molecule has 45 heavy (non-hydrogen) atoms. The fourth-order valence-corrected chi connectivity index (χ4v) is 6.04. The Hall–Kier alpha value is -4.68. The lowest BCUT2D eigenvalue weighted by Crippen LogP contribution is -2.28. The number of carbonyl (C=O) groups excluding carboxylic acids is 2. The molecule has 1 atom stereocenters. The van der Waals surface area contributed by atoms with E-state index in [1.807, 2.05) is 83.4 Å². The standard InChI is InChI=1S/C33H29BrN6O4S/c1-43-26-15-11-24(12-16-26)28-18-27(23-9-13-25(34)14-10-23)38-40(28)31(41)21-45-33-37-36-30(19-35-32(42)29-8-5-17-44-29)39(33)20-22-6-3-2-4-7-22/h2-17,28H,18-21H2,1H3,(H,35,42)/t28-/m0/s1. The van der Waals surface area contributed by atoms with Crippen LogP contribution in [0.4, 0.5) is 0 Å². The van der Waals surface area contributed by atoms with E-state index < -0.39 is 0 Å². The summed E-state index contributed by atoms with van der Waals surface area (Å²) in [6, 6.07) is 28.5. The number of nitrogens with one attached hydrogen (secondary N) is 1. The lowest BCUT2D eigenvalue weighted by atomic mass is 9.98. The number of thioether (sulfide) groups is 1. The second-order valence-corrected chi connectivity index (χ2v) is 12.1. The maximum Gasteiger partial charge on any atom is 0.287 e. The molecule has 2 amide bonds. The van der Waals surface area contributed by atoms with Gasteiger partial charge in [-0.15, -0.1) is 10.2 Å². The van der Waals surface area contributed by atoms with Crippen molar-refractivity contribution >= 4 is 45.2 Å². The van der Waals surface area contributed by atoms with Gasteiger partial charge in [0.05, 0.1) is 44.0 Å². The molecule has 0 saturated carbocycles. The summed E-state index contributed by atoms with van der Waals surface area (Å²) in [6.45, 7) is 0.612. The van der Waals surface area contributed by atoms with Gasteiger partial charge in [0, 0.05) is 10.9 Å². The maximum atomic E-state index is 13.8. The Morgan fingerprint density at radius 2 is 1.78 bits per heavy atom. The molecule has 1 aliphatic heterocycles. The van der Waals surface area contributed by atoms with Gasteiger partial charge in [-0.3, -0.25) is 9.59 Å². The molecule has 228 valence electrons. The number of amides is 2. The Morgan fingerprint density at radius 1 is 1.00 bits per heavy atom. The Morgan fingerprint density at radius 3 is 2.49 bits per heavy atom. The zero-order valence-corrected chi connectivity index (χ0v) is 26.7. The summed E-state index contributed by atoms with van der Waals surface area (Å²) in [6.07, 6.45) is 2.03. The summed E-state index contributed by atoms with van der Waals surface area (Å²) in [7, 11) is 1.63. The van der Waals surface area contributed by atoms with Gasteiger partial charge in [0.15, 0.2) is 16.7 Å². The van der Waals surface area contributed by atoms with Crippen LogP contribution in [0.3, 0.4) is 0 Å². The van der Waals surface area contributed by atoms with Crippen LogP contribution in [0, 0.1) is 0 Å². The molecule has 0 radical (unpaired) electrons. The number of carbonyl (C=O) groups is 2. The van der Waals surface area contributed by atoms with Gasteiger partial charge in [0.1, 0.15) is 5.75 Å². The van der Waals surface area contributed by atoms with E-state index in [1.165, 1.54) is 18.0 Å². The van der Waals surface area contributed by atoms with Crippen molar-refractivity contribution in [3.05, 3.63) is 130 Å². The molecule has 1 N–H and O–H groups in total. The molecule has 12 heteroatoms. The first kappa shape index (κ1) is 30.4. The van der Waals surface area contributed by atoms with Gasteiger partial charge in [0.2, 0.25) is 0 Å². The third-order valence-electron chi connectivity index (χ3n) is 7.30. The number of hydrogen-bond acceptors (Lipinski definition) is 8. The summed E-state index contributed by atoms with van der Waals surface area (Å²) in [5, 5.41) is 18.5. The Bertz CT molecular complexity index is 1790. The predicted molar refractivity (Wildman–Crippen MR) is 174 cm³/mol. The quantitative estimate of drug-likeness (QED) is 0.168. The highest BCUT2D eigenvalue weighted by Crippen LogP contribution is 2.35. The van der Waals surface area contributed by atoms with Crippen LogP contribution in [0.25, 0.3) is 0 Å². The highest BCUT2D eigenvalue weighted by molar-refractivity contribution is 9.10. The van der Waals surface area contributed by atoms with Crippen LogP contribution >= 0.6 is 27.7 Å². The van der Waals surface area contributed by atoms with Crippen molar-refractivity contribution in [1.82, 2.24) is 25.1 Å². The lowest BCUT2D eigenvalue weighted by Gasteiger charge is -2.22. The van der Waals surface area contributed by atoms with Crippen LogP contribution in [0.2, 0.25) is 0 Å². The molecular formula is C33H29BrN6O4S. The molecule has 1 aliphatic rings. The van der Waals surface area contributed by atoms with Gasteiger partial charge in [-0.2, -0.15) is 5.10 Å². The number of ether oxygens (including phenoxy) is 1. The molecule has 0 fully saturated rings. The third-order valence-corrected chi connectivity index (χ3v) is 8.78. The van der Waals surface area contributed by atoms with E-state index in [-0.39, 0.29) is 35.9 Å². The number of hydrazone groups is 1. The number of methoxy groups -OCH3 is 1. The number of furan rings is 1. The van der Waals surface area contributed by atoms with Crippen LogP contribution in [0.5, 0.6) is 5.75 Å². The Labute approximate surface area is 272 Å². The maximum absolute atomic E-state index is 13.8.